The van der Waals surface area contributed by atoms with Gasteiger partial charge in [-0.2, -0.15) is 0 Å². The third kappa shape index (κ3) is 4.22. The fourth-order valence-electron chi connectivity index (χ4n) is 4.32. The van der Waals surface area contributed by atoms with Gasteiger partial charge < -0.3 is 9.88 Å². The lowest BCUT2D eigenvalue weighted by molar-refractivity contribution is 0.209. The Morgan fingerprint density at radius 1 is 1.15 bits per heavy atom. The lowest BCUT2D eigenvalue weighted by Crippen LogP contribution is -2.34. The first kappa shape index (κ1) is 18.6. The predicted molar refractivity (Wildman–Crippen MR) is 113 cm³/mol. The maximum atomic E-state index is 13.5. The topological polar surface area (TPSA) is 19.0 Å². The van der Waals surface area contributed by atoms with Crippen molar-refractivity contribution >= 4 is 22.7 Å². The fraction of sp³-hybridized carbons (Fsp3) is 0.391. The number of nitrogens with one attached hydrogen (secondary N) is 1. The Hall–Kier alpha value is -1.78. The number of nitrogens with zero attached hydrogens (tertiary/aromatic N) is 1. The van der Waals surface area contributed by atoms with Crippen LogP contribution in [0.5, 0.6) is 0 Å². The molecule has 0 amide bonds. The van der Waals surface area contributed by atoms with Gasteiger partial charge in [0.05, 0.1) is 0 Å². The van der Waals surface area contributed by atoms with E-state index in [1.165, 1.54) is 48.0 Å². The normalized spacial score (nSPS) is 16.2. The summed E-state index contributed by atoms with van der Waals surface area (Å²) in [6, 6.07) is 13.9. The number of fused-ring (bicyclic) bond motifs is 1. The van der Waals surface area contributed by atoms with Gasteiger partial charge in [0.1, 0.15) is 5.82 Å². The number of thioether (sulfide) groups is 1. The smallest absolute Gasteiger partial charge is 0.123 e. The molecule has 1 saturated heterocycles. The number of rotatable bonds is 6. The molecule has 4 heteroatoms. The van der Waals surface area contributed by atoms with E-state index < -0.39 is 0 Å². The zero-order valence-corrected chi connectivity index (χ0v) is 16.7. The number of H-pyrrole nitrogens is 1. The van der Waals surface area contributed by atoms with E-state index >= 15 is 0 Å². The summed E-state index contributed by atoms with van der Waals surface area (Å²) in [7, 11) is 0. The van der Waals surface area contributed by atoms with Crippen LogP contribution in [0.25, 0.3) is 10.9 Å². The summed E-state index contributed by atoms with van der Waals surface area (Å²) in [6.45, 7) is 3.48. The highest BCUT2D eigenvalue weighted by Gasteiger charge is 2.22. The quantitative estimate of drug-likeness (QED) is 0.540. The monoisotopic (exact) mass is 382 g/mol. The summed E-state index contributed by atoms with van der Waals surface area (Å²) in [6.07, 6.45) is 8.82. The molecule has 2 aromatic carbocycles. The van der Waals surface area contributed by atoms with Gasteiger partial charge in [-0.15, -0.1) is 11.8 Å². The number of halogens is 1. The van der Waals surface area contributed by atoms with Crippen molar-refractivity contribution in [3.63, 3.8) is 0 Å². The van der Waals surface area contributed by atoms with E-state index in [0.717, 1.165) is 30.3 Å². The first-order valence-corrected chi connectivity index (χ1v) is 11.1. The van der Waals surface area contributed by atoms with Crippen molar-refractivity contribution in [2.24, 2.45) is 0 Å². The van der Waals surface area contributed by atoms with E-state index in [1.807, 2.05) is 24.0 Å². The molecule has 0 bridgehead atoms. The number of hydrogen-bond acceptors (Lipinski definition) is 2. The number of aromatic nitrogens is 1. The minimum atomic E-state index is -0.157. The molecule has 0 atom stereocenters. The molecule has 1 aliphatic heterocycles. The van der Waals surface area contributed by atoms with Crippen molar-refractivity contribution in [1.82, 2.24) is 9.88 Å². The Kier molecular flexibility index (Phi) is 5.84. The van der Waals surface area contributed by atoms with Crippen molar-refractivity contribution in [2.75, 3.05) is 25.9 Å². The summed E-state index contributed by atoms with van der Waals surface area (Å²) >= 11 is 1.86. The van der Waals surface area contributed by atoms with Crippen LogP contribution in [0.15, 0.2) is 53.6 Å². The van der Waals surface area contributed by atoms with Crippen LogP contribution in [0.1, 0.15) is 36.3 Å². The highest BCUT2D eigenvalue weighted by Crippen LogP contribution is 2.34. The van der Waals surface area contributed by atoms with E-state index in [2.05, 4.69) is 40.4 Å². The van der Waals surface area contributed by atoms with Crippen LogP contribution in [0, 0.1) is 5.82 Å². The highest BCUT2D eigenvalue weighted by atomic mass is 32.2. The van der Waals surface area contributed by atoms with Crippen LogP contribution in [-0.4, -0.2) is 35.8 Å². The number of benzene rings is 2. The maximum absolute atomic E-state index is 13.5. The molecule has 0 spiro atoms. The van der Waals surface area contributed by atoms with Gasteiger partial charge >= 0.3 is 0 Å². The molecule has 0 saturated carbocycles. The van der Waals surface area contributed by atoms with Crippen LogP contribution >= 0.6 is 11.8 Å². The summed E-state index contributed by atoms with van der Waals surface area (Å²) in [5, 5.41) is 1.03. The second-order valence-corrected chi connectivity index (χ2v) is 8.31. The lowest BCUT2D eigenvalue weighted by Gasteiger charge is -2.32. The molecule has 0 radical (unpaired) electrons. The van der Waals surface area contributed by atoms with Gasteiger partial charge in [0.25, 0.3) is 0 Å². The summed E-state index contributed by atoms with van der Waals surface area (Å²) in [4.78, 5) is 7.28. The Morgan fingerprint density at radius 2 is 1.96 bits per heavy atom. The maximum Gasteiger partial charge on any atom is 0.123 e. The molecule has 4 rings (SSSR count). The number of aryl methyl sites for hydroxylation is 1. The molecule has 1 fully saturated rings. The molecule has 1 aliphatic rings. The Morgan fingerprint density at radius 3 is 2.78 bits per heavy atom. The fourth-order valence-corrected chi connectivity index (χ4v) is 5.01. The molecule has 1 aromatic heterocycles. The van der Waals surface area contributed by atoms with Gasteiger partial charge in [0.15, 0.2) is 0 Å². The first-order chi connectivity index (χ1) is 13.2. The van der Waals surface area contributed by atoms with Gasteiger partial charge in [-0.3, -0.25) is 0 Å². The van der Waals surface area contributed by atoms with Crippen molar-refractivity contribution in [3.8, 4) is 0 Å². The van der Waals surface area contributed by atoms with E-state index in [1.54, 1.807) is 6.07 Å². The molecule has 2 heterocycles. The van der Waals surface area contributed by atoms with Gasteiger partial charge in [-0.05, 0) is 92.9 Å². The molecular weight excluding hydrogens is 355 g/mol. The minimum absolute atomic E-state index is 0.157. The van der Waals surface area contributed by atoms with Crippen molar-refractivity contribution in [2.45, 2.75) is 36.5 Å². The van der Waals surface area contributed by atoms with Crippen LogP contribution in [0.3, 0.4) is 0 Å². The zero-order chi connectivity index (χ0) is 18.6. The van der Waals surface area contributed by atoms with Gasteiger partial charge in [-0.1, -0.05) is 18.2 Å². The van der Waals surface area contributed by atoms with Gasteiger partial charge in [0, 0.05) is 22.0 Å². The third-order valence-electron chi connectivity index (χ3n) is 5.82. The van der Waals surface area contributed by atoms with Crippen LogP contribution in [0.4, 0.5) is 4.39 Å². The van der Waals surface area contributed by atoms with Gasteiger partial charge in [0.2, 0.25) is 0 Å². The number of hydrogen-bond donors (Lipinski definition) is 1. The number of likely N-dealkylation sites (tertiary alicyclic amines) is 1. The minimum Gasteiger partial charge on any atom is -0.361 e. The van der Waals surface area contributed by atoms with Crippen molar-refractivity contribution in [1.29, 1.82) is 0 Å². The van der Waals surface area contributed by atoms with Crippen molar-refractivity contribution in [3.05, 3.63) is 65.6 Å². The molecule has 0 aliphatic carbocycles. The average Bonchev–Trinajstić information content (AvgIpc) is 3.10. The van der Waals surface area contributed by atoms with Crippen LogP contribution in [-0.2, 0) is 6.42 Å². The lowest BCUT2D eigenvalue weighted by atomic mass is 9.89. The van der Waals surface area contributed by atoms with Gasteiger partial charge in [-0.25, -0.2) is 4.39 Å². The molecule has 142 valence electrons. The third-order valence-corrected chi connectivity index (χ3v) is 6.63. The highest BCUT2D eigenvalue weighted by molar-refractivity contribution is 7.98. The van der Waals surface area contributed by atoms with Crippen LogP contribution in [0.2, 0.25) is 0 Å². The first-order valence-electron chi connectivity index (χ1n) is 9.85. The standard InChI is InChI=1S/C23H27FN2S/c1-27-23-7-3-2-6-20(23)17-10-13-26(14-11-17)12-4-5-18-16-25-22-9-8-19(24)15-21(18)22/h2-3,6-9,15-17,25H,4-5,10-14H2,1H3. The summed E-state index contributed by atoms with van der Waals surface area (Å²) < 4.78 is 13.5. The summed E-state index contributed by atoms with van der Waals surface area (Å²) in [5.74, 6) is 0.539. The summed E-state index contributed by atoms with van der Waals surface area (Å²) in [5.41, 5.74) is 3.79. The molecule has 2 nitrogen and oxygen atoms in total. The molecule has 27 heavy (non-hydrogen) atoms. The van der Waals surface area contributed by atoms with Crippen LogP contribution < -0.4 is 0 Å². The van der Waals surface area contributed by atoms with E-state index in [4.69, 9.17) is 0 Å². The van der Waals surface area contributed by atoms with E-state index in [-0.39, 0.29) is 5.82 Å². The SMILES string of the molecule is CSc1ccccc1C1CCN(CCCc2c[nH]c3ccc(F)cc23)CC1. The largest absolute Gasteiger partial charge is 0.361 e. The number of aromatic amines is 1. The van der Waals surface area contributed by atoms with E-state index in [0.29, 0.717) is 5.92 Å². The van der Waals surface area contributed by atoms with Crippen molar-refractivity contribution < 1.29 is 4.39 Å². The Labute approximate surface area is 165 Å². The predicted octanol–water partition coefficient (Wildman–Crippen LogP) is 5.84. The zero-order valence-electron chi connectivity index (χ0n) is 15.9. The molecule has 1 N–H and O–H groups in total. The Bertz CT molecular complexity index is 896. The average molecular weight is 383 g/mol. The molecule has 3 aromatic rings. The number of piperidine rings is 1. The second kappa shape index (κ2) is 8.49. The second-order valence-electron chi connectivity index (χ2n) is 7.47. The molecule has 0 unspecified atom stereocenters. The van der Waals surface area contributed by atoms with E-state index in [9.17, 15) is 4.39 Å². The molecular formula is C23H27FN2S. The Balaban J connectivity index is 1.29.